The fourth-order valence-electron chi connectivity index (χ4n) is 4.63. The average Bonchev–Trinajstić information content (AvgIpc) is 3.71. The molecule has 1 amide bonds. The zero-order chi connectivity index (χ0) is 26.3. The van der Waals surface area contributed by atoms with Gasteiger partial charge in [-0.25, -0.2) is 4.98 Å². The van der Waals surface area contributed by atoms with Gasteiger partial charge in [-0.2, -0.15) is 0 Å². The Labute approximate surface area is 230 Å². The van der Waals surface area contributed by atoms with Gasteiger partial charge < -0.3 is 19.4 Å². The van der Waals surface area contributed by atoms with Crippen LogP contribution in [0.1, 0.15) is 48.1 Å². The summed E-state index contributed by atoms with van der Waals surface area (Å²) in [6.45, 7) is 5.13. The highest BCUT2D eigenvalue weighted by atomic mass is 32.2. The number of amides is 1. The van der Waals surface area contributed by atoms with Crippen molar-refractivity contribution in [1.82, 2.24) is 30.0 Å². The SMILES string of the molecule is COc1ccccc1-n1c(SCc2nc(C(=O)NCCCN3CCCCC3C)cs2)nnc1-c1ccco1. The van der Waals surface area contributed by atoms with Crippen molar-refractivity contribution in [3.05, 3.63) is 58.7 Å². The van der Waals surface area contributed by atoms with Crippen molar-refractivity contribution < 1.29 is 13.9 Å². The third kappa shape index (κ3) is 6.11. The Hall–Kier alpha value is -3.15. The summed E-state index contributed by atoms with van der Waals surface area (Å²) in [5.41, 5.74) is 1.27. The molecule has 4 aromatic rings. The number of carbonyl (C=O) groups excluding carboxylic acids is 1. The number of hydrogen-bond acceptors (Lipinski definition) is 9. The van der Waals surface area contributed by atoms with E-state index in [4.69, 9.17) is 9.15 Å². The van der Waals surface area contributed by atoms with E-state index in [1.54, 1.807) is 13.4 Å². The summed E-state index contributed by atoms with van der Waals surface area (Å²) in [6, 6.07) is 12.0. The average molecular weight is 553 g/mol. The smallest absolute Gasteiger partial charge is 0.270 e. The van der Waals surface area contributed by atoms with E-state index in [0.717, 1.165) is 30.2 Å². The number of rotatable bonds is 11. The summed E-state index contributed by atoms with van der Waals surface area (Å²) in [6.07, 6.45) is 6.42. The largest absolute Gasteiger partial charge is 0.495 e. The molecule has 0 spiro atoms. The monoisotopic (exact) mass is 552 g/mol. The van der Waals surface area contributed by atoms with Crippen LogP contribution in [-0.4, -0.2) is 63.3 Å². The Morgan fingerprint density at radius 2 is 2.13 bits per heavy atom. The molecular weight excluding hydrogens is 520 g/mol. The van der Waals surface area contributed by atoms with Gasteiger partial charge >= 0.3 is 0 Å². The Morgan fingerprint density at radius 1 is 1.24 bits per heavy atom. The first-order chi connectivity index (χ1) is 18.6. The van der Waals surface area contributed by atoms with Crippen LogP contribution in [0.2, 0.25) is 0 Å². The minimum absolute atomic E-state index is 0.124. The number of likely N-dealkylation sites (tertiary alicyclic amines) is 1. The van der Waals surface area contributed by atoms with E-state index in [-0.39, 0.29) is 5.91 Å². The van der Waals surface area contributed by atoms with Crippen molar-refractivity contribution in [2.75, 3.05) is 26.7 Å². The third-order valence-electron chi connectivity index (χ3n) is 6.66. The van der Waals surface area contributed by atoms with Crippen LogP contribution in [0.5, 0.6) is 5.75 Å². The first kappa shape index (κ1) is 26.5. The molecule has 200 valence electrons. The molecule has 0 aliphatic carbocycles. The van der Waals surface area contributed by atoms with E-state index < -0.39 is 0 Å². The maximum atomic E-state index is 12.7. The molecule has 1 aromatic carbocycles. The van der Waals surface area contributed by atoms with Gasteiger partial charge in [-0.15, -0.1) is 21.5 Å². The number of aromatic nitrogens is 4. The minimum Gasteiger partial charge on any atom is -0.495 e. The van der Waals surface area contributed by atoms with Gasteiger partial charge in [0.15, 0.2) is 10.9 Å². The van der Waals surface area contributed by atoms with Crippen LogP contribution in [0.25, 0.3) is 17.3 Å². The molecule has 1 aliphatic rings. The van der Waals surface area contributed by atoms with Gasteiger partial charge in [0.05, 0.1) is 24.8 Å². The fourth-order valence-corrected chi connectivity index (χ4v) is 6.37. The van der Waals surface area contributed by atoms with Crippen LogP contribution in [0.4, 0.5) is 0 Å². The Morgan fingerprint density at radius 3 is 2.95 bits per heavy atom. The first-order valence-electron chi connectivity index (χ1n) is 12.9. The number of hydrogen-bond donors (Lipinski definition) is 1. The summed E-state index contributed by atoms with van der Waals surface area (Å²) in [4.78, 5) is 19.7. The lowest BCUT2D eigenvalue weighted by Crippen LogP contribution is -2.39. The lowest BCUT2D eigenvalue weighted by atomic mass is 10.0. The summed E-state index contributed by atoms with van der Waals surface area (Å²) >= 11 is 2.97. The van der Waals surface area contributed by atoms with Crippen LogP contribution >= 0.6 is 23.1 Å². The molecule has 0 radical (unpaired) electrons. The highest BCUT2D eigenvalue weighted by Crippen LogP contribution is 2.34. The number of thioether (sulfide) groups is 1. The number of thiazole rings is 1. The number of nitrogens with zero attached hydrogens (tertiary/aromatic N) is 5. The van der Waals surface area contributed by atoms with Gasteiger partial charge in [0.1, 0.15) is 16.5 Å². The van der Waals surface area contributed by atoms with Crippen LogP contribution < -0.4 is 10.1 Å². The highest BCUT2D eigenvalue weighted by Gasteiger charge is 2.21. The molecule has 1 unspecified atom stereocenters. The Kier molecular flexibility index (Phi) is 8.77. The van der Waals surface area contributed by atoms with Crippen molar-refractivity contribution in [3.63, 3.8) is 0 Å². The molecule has 3 aromatic heterocycles. The molecule has 1 fully saturated rings. The standard InChI is InChI=1S/C27H32N6O3S2/c1-19-9-5-6-14-32(19)15-8-13-28-26(34)20-17-37-24(29-20)18-38-27-31-30-25(23-12-7-16-36-23)33(27)21-10-3-4-11-22(21)35-2/h3-4,7,10-12,16-17,19H,5-6,8-9,13-15,18H2,1-2H3,(H,28,34). The molecule has 4 heterocycles. The van der Waals surface area contributed by atoms with Gasteiger partial charge in [-0.3, -0.25) is 9.36 Å². The van der Waals surface area contributed by atoms with E-state index in [1.165, 1.54) is 42.4 Å². The number of nitrogens with one attached hydrogen (secondary N) is 1. The van der Waals surface area contributed by atoms with Crippen molar-refractivity contribution in [3.8, 4) is 23.0 Å². The molecular formula is C27H32N6O3S2. The lowest BCUT2D eigenvalue weighted by Gasteiger charge is -2.33. The number of ether oxygens (including phenoxy) is 1. The van der Waals surface area contributed by atoms with Gasteiger partial charge in [0.25, 0.3) is 5.91 Å². The second-order valence-electron chi connectivity index (χ2n) is 9.20. The number of furan rings is 1. The molecule has 9 nitrogen and oxygen atoms in total. The van der Waals surface area contributed by atoms with E-state index in [9.17, 15) is 4.79 Å². The Balaban J connectivity index is 1.22. The fraction of sp³-hybridized carbons (Fsp3) is 0.407. The number of carbonyl (C=O) groups is 1. The number of methoxy groups -OCH3 is 1. The zero-order valence-electron chi connectivity index (χ0n) is 21.6. The van der Waals surface area contributed by atoms with Gasteiger partial charge in [-0.1, -0.05) is 30.3 Å². The molecule has 1 atom stereocenters. The van der Waals surface area contributed by atoms with Crippen molar-refractivity contribution in [2.45, 2.75) is 49.6 Å². The van der Waals surface area contributed by atoms with Crippen LogP contribution in [0.3, 0.4) is 0 Å². The topological polar surface area (TPSA) is 98.3 Å². The maximum Gasteiger partial charge on any atom is 0.270 e. The molecule has 0 bridgehead atoms. The molecule has 1 aliphatic heterocycles. The van der Waals surface area contributed by atoms with E-state index >= 15 is 0 Å². The van der Waals surface area contributed by atoms with Crippen molar-refractivity contribution in [2.24, 2.45) is 0 Å². The van der Waals surface area contributed by atoms with E-state index in [2.05, 4.69) is 32.3 Å². The van der Waals surface area contributed by atoms with E-state index in [0.29, 0.717) is 46.5 Å². The minimum atomic E-state index is -0.124. The first-order valence-corrected chi connectivity index (χ1v) is 14.7. The molecule has 1 N–H and O–H groups in total. The second-order valence-corrected chi connectivity index (χ2v) is 11.1. The number of para-hydroxylation sites is 2. The summed E-state index contributed by atoms with van der Waals surface area (Å²) in [5, 5.41) is 15.2. The van der Waals surface area contributed by atoms with Crippen LogP contribution in [0, 0.1) is 0 Å². The zero-order valence-corrected chi connectivity index (χ0v) is 23.3. The van der Waals surface area contributed by atoms with Crippen LogP contribution in [-0.2, 0) is 5.75 Å². The summed E-state index contributed by atoms with van der Waals surface area (Å²) in [7, 11) is 1.64. The Bertz CT molecular complexity index is 1340. The van der Waals surface area contributed by atoms with Gasteiger partial charge in [-0.05, 0) is 57.0 Å². The maximum absolute atomic E-state index is 12.7. The summed E-state index contributed by atoms with van der Waals surface area (Å²) < 4.78 is 13.1. The molecule has 38 heavy (non-hydrogen) atoms. The molecule has 0 saturated carbocycles. The third-order valence-corrected chi connectivity index (χ3v) is 8.63. The van der Waals surface area contributed by atoms with Crippen molar-refractivity contribution in [1.29, 1.82) is 0 Å². The lowest BCUT2D eigenvalue weighted by molar-refractivity contribution is 0.0944. The van der Waals surface area contributed by atoms with E-state index in [1.807, 2.05) is 46.3 Å². The van der Waals surface area contributed by atoms with Gasteiger partial charge in [0, 0.05) is 24.5 Å². The highest BCUT2D eigenvalue weighted by molar-refractivity contribution is 7.98. The van der Waals surface area contributed by atoms with Gasteiger partial charge in [0.2, 0.25) is 5.82 Å². The second kappa shape index (κ2) is 12.6. The molecule has 11 heteroatoms. The quantitative estimate of drug-likeness (QED) is 0.198. The van der Waals surface area contributed by atoms with Crippen molar-refractivity contribution >= 4 is 29.0 Å². The number of piperidine rings is 1. The summed E-state index contributed by atoms with van der Waals surface area (Å²) in [5.74, 6) is 2.32. The predicted molar refractivity (Wildman–Crippen MR) is 149 cm³/mol. The van der Waals surface area contributed by atoms with Crippen LogP contribution in [0.15, 0.2) is 57.6 Å². The normalized spacial score (nSPS) is 16.0. The molecule has 1 saturated heterocycles. The number of benzene rings is 1. The molecule has 5 rings (SSSR count). The predicted octanol–water partition coefficient (Wildman–Crippen LogP) is 5.28.